The highest BCUT2D eigenvalue weighted by Gasteiger charge is 2.36. The van der Waals surface area contributed by atoms with Gasteiger partial charge in [0.2, 0.25) is 5.91 Å². The van der Waals surface area contributed by atoms with Crippen molar-refractivity contribution < 1.29 is 9.59 Å². The van der Waals surface area contributed by atoms with E-state index in [9.17, 15) is 9.59 Å². The summed E-state index contributed by atoms with van der Waals surface area (Å²) in [5, 5.41) is 6.54. The monoisotopic (exact) mass is 363 g/mol. The van der Waals surface area contributed by atoms with Gasteiger partial charge in [0.05, 0.1) is 0 Å². The summed E-state index contributed by atoms with van der Waals surface area (Å²) in [6, 6.07) is 8.76. The second-order valence-corrected chi connectivity index (χ2v) is 7.52. The van der Waals surface area contributed by atoms with Crippen molar-refractivity contribution in [2.45, 2.75) is 56.7 Å². The first-order valence-corrected chi connectivity index (χ1v) is 9.04. The second kappa shape index (κ2) is 7.34. The molecule has 1 aromatic carbocycles. The summed E-state index contributed by atoms with van der Waals surface area (Å²) in [5.74, 6) is 0.281. The van der Waals surface area contributed by atoms with E-state index in [0.29, 0.717) is 23.7 Å². The first kappa shape index (κ1) is 18.2. The van der Waals surface area contributed by atoms with Gasteiger partial charge < -0.3 is 15.5 Å². The Labute approximate surface area is 154 Å². The number of hydrogen-bond acceptors (Lipinski definition) is 3. The minimum absolute atomic E-state index is 0. The van der Waals surface area contributed by atoms with Crippen molar-refractivity contribution in [1.82, 2.24) is 10.2 Å². The Kier molecular flexibility index (Phi) is 5.35. The lowest BCUT2D eigenvalue weighted by Crippen LogP contribution is -2.48. The highest BCUT2D eigenvalue weighted by Crippen LogP contribution is 2.31. The van der Waals surface area contributed by atoms with Crippen LogP contribution in [0.2, 0.25) is 0 Å². The molecule has 0 spiro atoms. The topological polar surface area (TPSA) is 61.4 Å². The summed E-state index contributed by atoms with van der Waals surface area (Å²) in [7, 11) is 1.91. The Hall–Kier alpha value is -1.59. The van der Waals surface area contributed by atoms with Crippen LogP contribution < -0.4 is 10.6 Å². The number of amides is 2. The van der Waals surface area contributed by atoms with Crippen LogP contribution in [0.5, 0.6) is 0 Å². The van der Waals surface area contributed by atoms with Gasteiger partial charge in [0, 0.05) is 42.3 Å². The van der Waals surface area contributed by atoms with Crippen LogP contribution in [0.3, 0.4) is 0 Å². The molecule has 1 aliphatic carbocycles. The number of halogens is 1. The summed E-state index contributed by atoms with van der Waals surface area (Å²) in [5.41, 5.74) is 1.37. The SMILES string of the molecule is CN(C(=O)c1cccc(NC(=O)C2CC2)c1)C1CC2CCC(C1)N2.Cl. The standard InChI is InChI=1S/C19H25N3O2.ClH/c1-22(17-10-15-7-8-16(11-17)20-15)19(24)13-3-2-4-14(9-13)21-18(23)12-5-6-12;/h2-4,9,12,15-17,20H,5-8,10-11H2,1H3,(H,21,23);1H. The molecule has 2 unspecified atom stereocenters. The van der Waals surface area contributed by atoms with Gasteiger partial charge in [-0.25, -0.2) is 0 Å². The predicted molar refractivity (Wildman–Crippen MR) is 100 cm³/mol. The van der Waals surface area contributed by atoms with Gasteiger partial charge in [-0.3, -0.25) is 9.59 Å². The molecule has 2 bridgehead atoms. The quantitative estimate of drug-likeness (QED) is 0.864. The third-order valence-electron chi connectivity index (χ3n) is 5.64. The summed E-state index contributed by atoms with van der Waals surface area (Å²) < 4.78 is 0. The zero-order valence-corrected chi connectivity index (χ0v) is 15.3. The maximum absolute atomic E-state index is 12.9. The molecule has 2 N–H and O–H groups in total. The normalized spacial score (nSPS) is 27.3. The fourth-order valence-electron chi connectivity index (χ4n) is 4.03. The molecule has 2 amide bonds. The van der Waals surface area contributed by atoms with E-state index in [4.69, 9.17) is 0 Å². The average molecular weight is 364 g/mol. The summed E-state index contributed by atoms with van der Waals surface area (Å²) in [6.45, 7) is 0. The molecule has 2 aliphatic heterocycles. The fourth-order valence-corrected chi connectivity index (χ4v) is 4.03. The summed E-state index contributed by atoms with van der Waals surface area (Å²) in [6.07, 6.45) is 6.49. The van der Waals surface area contributed by atoms with Crippen LogP contribution >= 0.6 is 12.4 Å². The van der Waals surface area contributed by atoms with E-state index < -0.39 is 0 Å². The number of piperidine rings is 1. The molecule has 0 aromatic heterocycles. The van der Waals surface area contributed by atoms with Crippen LogP contribution in [-0.4, -0.2) is 41.9 Å². The van der Waals surface area contributed by atoms with Crippen molar-refractivity contribution >= 4 is 29.9 Å². The zero-order valence-electron chi connectivity index (χ0n) is 14.5. The van der Waals surface area contributed by atoms with Crippen molar-refractivity contribution in [2.75, 3.05) is 12.4 Å². The zero-order chi connectivity index (χ0) is 16.7. The molecular formula is C19H26ClN3O2. The average Bonchev–Trinajstić information content (AvgIpc) is 3.39. The van der Waals surface area contributed by atoms with Crippen LogP contribution in [-0.2, 0) is 4.79 Å². The Morgan fingerprint density at radius 2 is 1.80 bits per heavy atom. The molecular weight excluding hydrogens is 338 g/mol. The van der Waals surface area contributed by atoms with E-state index in [1.807, 2.05) is 30.1 Å². The van der Waals surface area contributed by atoms with Crippen molar-refractivity contribution in [1.29, 1.82) is 0 Å². The van der Waals surface area contributed by atoms with E-state index in [1.54, 1.807) is 6.07 Å². The number of nitrogens with zero attached hydrogens (tertiary/aromatic N) is 1. The first-order valence-electron chi connectivity index (χ1n) is 9.04. The number of carbonyl (C=O) groups excluding carboxylic acids is 2. The van der Waals surface area contributed by atoms with E-state index >= 15 is 0 Å². The molecule has 6 heteroatoms. The maximum atomic E-state index is 12.9. The van der Waals surface area contributed by atoms with Crippen molar-refractivity contribution in [2.24, 2.45) is 5.92 Å². The smallest absolute Gasteiger partial charge is 0.253 e. The van der Waals surface area contributed by atoms with E-state index in [1.165, 1.54) is 12.8 Å². The first-order chi connectivity index (χ1) is 11.6. The number of hydrogen-bond donors (Lipinski definition) is 2. The van der Waals surface area contributed by atoms with E-state index in [2.05, 4.69) is 10.6 Å². The Bertz CT molecular complexity index is 650. The van der Waals surface area contributed by atoms with Gasteiger partial charge in [-0.2, -0.15) is 0 Å². The Morgan fingerprint density at radius 1 is 1.12 bits per heavy atom. The largest absolute Gasteiger partial charge is 0.339 e. The third kappa shape index (κ3) is 3.98. The van der Waals surface area contributed by atoms with E-state index in [-0.39, 0.29) is 30.1 Å². The van der Waals surface area contributed by atoms with Crippen LogP contribution in [0.4, 0.5) is 5.69 Å². The van der Waals surface area contributed by atoms with Gasteiger partial charge >= 0.3 is 0 Å². The molecule has 5 nitrogen and oxygen atoms in total. The summed E-state index contributed by atoms with van der Waals surface area (Å²) >= 11 is 0. The van der Waals surface area contributed by atoms with Gasteiger partial charge in [0.1, 0.15) is 0 Å². The number of benzene rings is 1. The number of fused-ring (bicyclic) bond motifs is 2. The number of nitrogens with one attached hydrogen (secondary N) is 2. The van der Waals surface area contributed by atoms with Gasteiger partial charge in [-0.15, -0.1) is 12.4 Å². The number of carbonyl (C=O) groups is 2. The van der Waals surface area contributed by atoms with Gasteiger partial charge in [-0.1, -0.05) is 6.07 Å². The molecule has 136 valence electrons. The molecule has 3 aliphatic rings. The molecule has 1 aromatic rings. The maximum Gasteiger partial charge on any atom is 0.253 e. The molecule has 4 rings (SSSR count). The number of anilines is 1. The molecule has 2 atom stereocenters. The van der Waals surface area contributed by atoms with Crippen LogP contribution in [0.1, 0.15) is 48.9 Å². The van der Waals surface area contributed by atoms with Gasteiger partial charge in [0.25, 0.3) is 5.91 Å². The van der Waals surface area contributed by atoms with Crippen LogP contribution in [0, 0.1) is 5.92 Å². The lowest BCUT2D eigenvalue weighted by molar-refractivity contribution is -0.117. The van der Waals surface area contributed by atoms with Crippen molar-refractivity contribution in [3.63, 3.8) is 0 Å². The predicted octanol–water partition coefficient (Wildman–Crippen LogP) is 2.81. The molecule has 25 heavy (non-hydrogen) atoms. The van der Waals surface area contributed by atoms with Gasteiger partial charge in [-0.05, 0) is 56.7 Å². The molecule has 2 saturated heterocycles. The summed E-state index contributed by atoms with van der Waals surface area (Å²) in [4.78, 5) is 26.7. The van der Waals surface area contributed by atoms with Crippen LogP contribution in [0.15, 0.2) is 24.3 Å². The minimum atomic E-state index is 0. The molecule has 2 heterocycles. The van der Waals surface area contributed by atoms with Crippen molar-refractivity contribution in [3.8, 4) is 0 Å². The fraction of sp³-hybridized carbons (Fsp3) is 0.579. The van der Waals surface area contributed by atoms with Crippen molar-refractivity contribution in [3.05, 3.63) is 29.8 Å². The van der Waals surface area contributed by atoms with E-state index in [0.717, 1.165) is 31.4 Å². The highest BCUT2D eigenvalue weighted by atomic mass is 35.5. The number of rotatable bonds is 4. The third-order valence-corrected chi connectivity index (χ3v) is 5.64. The Morgan fingerprint density at radius 3 is 2.44 bits per heavy atom. The second-order valence-electron chi connectivity index (χ2n) is 7.52. The van der Waals surface area contributed by atoms with Gasteiger partial charge in [0.15, 0.2) is 0 Å². The molecule has 3 fully saturated rings. The highest BCUT2D eigenvalue weighted by molar-refractivity contribution is 5.98. The minimum Gasteiger partial charge on any atom is -0.339 e. The molecule has 0 radical (unpaired) electrons. The lowest BCUT2D eigenvalue weighted by atomic mass is 9.98. The van der Waals surface area contributed by atoms with Crippen LogP contribution in [0.25, 0.3) is 0 Å². The molecule has 1 saturated carbocycles. The Balaban J connectivity index is 0.00000182. The lowest BCUT2D eigenvalue weighted by Gasteiger charge is -2.35.